The van der Waals surface area contributed by atoms with Gasteiger partial charge in [-0.25, -0.2) is 0 Å². The topological polar surface area (TPSA) is 239 Å². The molecule has 0 aliphatic heterocycles. The Bertz CT molecular complexity index is 1840. The Labute approximate surface area is 225 Å². The zero-order chi connectivity index (χ0) is 29.0. The second-order valence-electron chi connectivity index (χ2n) is 8.23. The zero-order valence-electron chi connectivity index (χ0n) is 20.4. The summed E-state index contributed by atoms with van der Waals surface area (Å²) >= 11 is 0. The van der Waals surface area contributed by atoms with Gasteiger partial charge in [0.1, 0.15) is 4.90 Å². The summed E-state index contributed by atoms with van der Waals surface area (Å²) in [4.78, 5) is -0.410. The van der Waals surface area contributed by atoms with Gasteiger partial charge in [0.05, 0.1) is 4.90 Å². The molecule has 0 bridgehead atoms. The van der Waals surface area contributed by atoms with Gasteiger partial charge >= 0.3 is 0 Å². The van der Waals surface area contributed by atoms with Gasteiger partial charge in [-0.05, 0) is 48.5 Å². The van der Waals surface area contributed by atoms with E-state index in [0.717, 1.165) is 22.1 Å². The molecule has 0 heterocycles. The van der Waals surface area contributed by atoms with E-state index in [4.69, 9.17) is 37.8 Å². The maximum atomic E-state index is 11.2. The summed E-state index contributed by atoms with van der Waals surface area (Å²) in [5.41, 5.74) is 30.7. The first kappa shape index (κ1) is 29.0. The van der Waals surface area contributed by atoms with Crippen molar-refractivity contribution in [3.8, 4) is 0 Å². The highest BCUT2D eigenvalue weighted by molar-refractivity contribution is 7.86. The van der Waals surface area contributed by atoms with Gasteiger partial charge in [-0.2, -0.15) is 16.8 Å². The molecule has 0 amide bonds. The lowest BCUT2D eigenvalue weighted by Gasteiger charge is -2.08. The first-order valence-electron chi connectivity index (χ1n) is 11.1. The lowest BCUT2D eigenvalue weighted by molar-refractivity contribution is 0.481. The molecule has 0 saturated carbocycles. The fraction of sp³-hybridized carbons (Fsp3) is 0. The Morgan fingerprint density at radius 3 is 1.41 bits per heavy atom. The molecule has 0 unspecified atom stereocenters. The molecule has 0 atom stereocenters. The molecule has 0 saturated heterocycles. The first-order valence-corrected chi connectivity index (χ1v) is 14.0. The third-order valence-electron chi connectivity index (χ3n) is 5.49. The van der Waals surface area contributed by atoms with Crippen LogP contribution in [0.25, 0.3) is 21.5 Å². The van der Waals surface area contributed by atoms with Gasteiger partial charge in [-0.1, -0.05) is 42.5 Å². The van der Waals surface area contributed by atoms with Crippen LogP contribution in [0.15, 0.2) is 101 Å². The Hall–Kier alpha value is -4.56. The molecular weight excluding hydrogens is 542 g/mol. The van der Waals surface area contributed by atoms with Crippen LogP contribution in [0.2, 0.25) is 0 Å². The number of fused-ring (bicyclic) bond motifs is 2. The summed E-state index contributed by atoms with van der Waals surface area (Å²) in [6.45, 7) is 0. The molecule has 11 nitrogen and oxygen atoms in total. The summed E-state index contributed by atoms with van der Waals surface area (Å²) in [6, 6.07) is 24.5. The normalized spacial score (nSPS) is 11.2. The number of anilines is 5. The Morgan fingerprint density at radius 2 is 0.949 bits per heavy atom. The summed E-state index contributed by atoms with van der Waals surface area (Å²) in [6.07, 6.45) is 0. The fourth-order valence-corrected chi connectivity index (χ4v) is 4.93. The van der Waals surface area contributed by atoms with Crippen molar-refractivity contribution in [3.63, 3.8) is 0 Å². The number of rotatable bonds is 2. The maximum Gasteiger partial charge on any atom is 0.295 e. The lowest BCUT2D eigenvalue weighted by atomic mass is 10.1. The molecule has 0 aromatic heterocycles. The van der Waals surface area contributed by atoms with E-state index < -0.39 is 20.2 Å². The van der Waals surface area contributed by atoms with Gasteiger partial charge in [-0.3, -0.25) is 9.11 Å². The predicted octanol–water partition coefficient (Wildman–Crippen LogP) is 3.77. The molecule has 0 spiro atoms. The molecule has 0 radical (unpaired) electrons. The van der Waals surface area contributed by atoms with E-state index in [2.05, 4.69) is 0 Å². The van der Waals surface area contributed by atoms with Gasteiger partial charge in [0.15, 0.2) is 0 Å². The molecule has 0 aliphatic carbocycles. The van der Waals surface area contributed by atoms with Crippen LogP contribution in [0.5, 0.6) is 0 Å². The Morgan fingerprint density at radius 1 is 0.487 bits per heavy atom. The second-order valence-corrected chi connectivity index (χ2v) is 11.0. The van der Waals surface area contributed by atoms with E-state index in [9.17, 15) is 16.8 Å². The molecule has 0 aliphatic rings. The molecule has 13 heteroatoms. The van der Waals surface area contributed by atoms with Gasteiger partial charge < -0.3 is 28.7 Å². The predicted molar refractivity (Wildman–Crippen MR) is 156 cm³/mol. The second kappa shape index (κ2) is 11.4. The molecule has 5 aromatic carbocycles. The third-order valence-corrected chi connectivity index (χ3v) is 7.24. The minimum atomic E-state index is -4.30. The van der Waals surface area contributed by atoms with Gasteiger partial charge in [0, 0.05) is 50.0 Å². The van der Waals surface area contributed by atoms with E-state index in [1.807, 2.05) is 36.4 Å². The highest BCUT2D eigenvalue weighted by Crippen LogP contribution is 2.31. The minimum absolute atomic E-state index is 0.183. The van der Waals surface area contributed by atoms with Gasteiger partial charge in [-0.15, -0.1) is 0 Å². The molecule has 5 rings (SSSR count). The average molecular weight is 570 g/mol. The van der Waals surface area contributed by atoms with Crippen LogP contribution in [0.1, 0.15) is 0 Å². The van der Waals surface area contributed by atoms with Crippen molar-refractivity contribution < 1.29 is 25.9 Å². The molecule has 39 heavy (non-hydrogen) atoms. The molecular formula is C26H27N5O6S2. The van der Waals surface area contributed by atoms with Crippen LogP contribution in [0.3, 0.4) is 0 Å². The smallest absolute Gasteiger partial charge is 0.295 e. The van der Waals surface area contributed by atoms with Crippen molar-refractivity contribution in [3.05, 3.63) is 91.0 Å². The van der Waals surface area contributed by atoms with Gasteiger partial charge in [0.25, 0.3) is 20.2 Å². The van der Waals surface area contributed by atoms with Crippen molar-refractivity contribution in [2.75, 3.05) is 28.7 Å². The minimum Gasteiger partial charge on any atom is -0.399 e. The number of nitrogens with two attached hydrogens (primary N) is 5. The van der Waals surface area contributed by atoms with Crippen LogP contribution in [-0.2, 0) is 20.2 Å². The van der Waals surface area contributed by atoms with Crippen LogP contribution in [0, 0.1) is 0 Å². The van der Waals surface area contributed by atoms with Crippen LogP contribution in [0.4, 0.5) is 28.4 Å². The zero-order valence-corrected chi connectivity index (χ0v) is 22.0. The van der Waals surface area contributed by atoms with Crippen molar-refractivity contribution >= 4 is 70.2 Å². The summed E-state index contributed by atoms with van der Waals surface area (Å²) < 4.78 is 60.9. The van der Waals surface area contributed by atoms with E-state index >= 15 is 0 Å². The van der Waals surface area contributed by atoms with Crippen molar-refractivity contribution in [2.45, 2.75) is 9.79 Å². The molecule has 0 fully saturated rings. The van der Waals surface area contributed by atoms with Crippen molar-refractivity contribution in [1.82, 2.24) is 0 Å². The van der Waals surface area contributed by atoms with E-state index in [1.165, 1.54) is 42.5 Å². The Kier molecular flexibility index (Phi) is 8.51. The van der Waals surface area contributed by atoms with E-state index in [1.54, 1.807) is 12.1 Å². The van der Waals surface area contributed by atoms with E-state index in [-0.39, 0.29) is 20.9 Å². The molecule has 204 valence electrons. The SMILES string of the molecule is Nc1ccc(N)c2c(S(=O)(=O)O)cccc12.Nc1ccc(N)c2ccccc12.Nc1cccc(S(=O)(=O)O)c1. The van der Waals surface area contributed by atoms with Crippen molar-refractivity contribution in [1.29, 1.82) is 0 Å². The monoisotopic (exact) mass is 569 g/mol. The van der Waals surface area contributed by atoms with Crippen LogP contribution in [-0.4, -0.2) is 25.9 Å². The number of nitrogen functional groups attached to an aromatic ring is 5. The quantitative estimate of drug-likeness (QED) is 0.119. The number of benzene rings is 5. The molecule has 12 N–H and O–H groups in total. The average Bonchev–Trinajstić information content (AvgIpc) is 2.88. The largest absolute Gasteiger partial charge is 0.399 e. The highest BCUT2D eigenvalue weighted by atomic mass is 32.2. The van der Waals surface area contributed by atoms with E-state index in [0.29, 0.717) is 16.8 Å². The molecule has 5 aromatic rings. The van der Waals surface area contributed by atoms with Crippen molar-refractivity contribution in [2.24, 2.45) is 0 Å². The third kappa shape index (κ3) is 7.06. The highest BCUT2D eigenvalue weighted by Gasteiger charge is 2.16. The summed E-state index contributed by atoms with van der Waals surface area (Å²) in [5.74, 6) is 0. The standard InChI is InChI=1S/C10H10N2O3S.C10H10N2.C6H7NO3S/c11-7-4-5-8(12)10-6(7)2-1-3-9(10)16(13,14)15;11-9-5-6-10(12)8-4-2-1-3-7(8)9;7-5-2-1-3-6(4-5)11(8,9)10/h1-5H,11-12H2,(H,13,14,15);1-6H,11-12H2;1-4H,7H2,(H,8,9,10). The summed E-state index contributed by atoms with van der Waals surface area (Å²) in [7, 11) is -8.41. The van der Waals surface area contributed by atoms with Gasteiger partial charge in [0.2, 0.25) is 0 Å². The lowest BCUT2D eigenvalue weighted by Crippen LogP contribution is -2.02. The number of hydrogen-bond donors (Lipinski definition) is 7. The Balaban J connectivity index is 0.000000165. The van der Waals surface area contributed by atoms with Crippen LogP contribution < -0.4 is 28.7 Å². The summed E-state index contributed by atoms with van der Waals surface area (Å²) in [5, 5.41) is 2.81. The van der Waals surface area contributed by atoms with Crippen LogP contribution >= 0.6 is 0 Å². The fourth-order valence-electron chi connectivity index (χ4n) is 3.66. The maximum absolute atomic E-state index is 11.2. The number of hydrogen-bond acceptors (Lipinski definition) is 9. The first-order chi connectivity index (χ1) is 18.2.